The van der Waals surface area contributed by atoms with Gasteiger partial charge >= 0.3 is 0 Å². The van der Waals surface area contributed by atoms with Gasteiger partial charge in [0.05, 0.1) is 17.8 Å². The molecular weight excluding hydrogens is 434 g/mol. The van der Waals surface area contributed by atoms with Gasteiger partial charge in [-0.3, -0.25) is 4.79 Å². The Bertz CT molecular complexity index is 1360. The molecule has 6 nitrogen and oxygen atoms in total. The van der Waals surface area contributed by atoms with Crippen molar-refractivity contribution in [3.05, 3.63) is 83.2 Å². The van der Waals surface area contributed by atoms with Gasteiger partial charge in [0.15, 0.2) is 0 Å². The number of aryl methyl sites for hydroxylation is 3. The third-order valence-electron chi connectivity index (χ3n) is 7.01. The van der Waals surface area contributed by atoms with Gasteiger partial charge in [0.2, 0.25) is 5.91 Å². The number of aromatic nitrogens is 2. The van der Waals surface area contributed by atoms with Crippen LogP contribution in [-0.2, 0) is 11.2 Å². The molecule has 0 atom stereocenters. The van der Waals surface area contributed by atoms with E-state index in [9.17, 15) is 4.79 Å². The molecule has 0 bridgehead atoms. The average Bonchev–Trinajstić information content (AvgIpc) is 3.19. The molecule has 1 aliphatic rings. The predicted octanol–water partition coefficient (Wildman–Crippen LogP) is 4.86. The summed E-state index contributed by atoms with van der Waals surface area (Å²) < 4.78 is 2.04. The summed E-state index contributed by atoms with van der Waals surface area (Å²) in [5.41, 5.74) is 9.26. The minimum atomic E-state index is -0.0511. The van der Waals surface area contributed by atoms with Crippen LogP contribution in [0.4, 0.5) is 11.4 Å². The molecule has 35 heavy (non-hydrogen) atoms. The number of benzene rings is 2. The second-order valence-electron chi connectivity index (χ2n) is 9.70. The molecule has 1 fully saturated rings. The Kier molecular flexibility index (Phi) is 6.31. The van der Waals surface area contributed by atoms with Crippen molar-refractivity contribution in [1.29, 1.82) is 0 Å². The lowest BCUT2D eigenvalue weighted by Crippen LogP contribution is -2.44. The number of pyridine rings is 1. The number of anilines is 2. The van der Waals surface area contributed by atoms with Crippen molar-refractivity contribution in [2.24, 2.45) is 0 Å². The Morgan fingerprint density at radius 2 is 1.66 bits per heavy atom. The number of imidazole rings is 1. The first-order valence-corrected chi connectivity index (χ1v) is 12.3. The molecule has 0 unspecified atom stereocenters. The van der Waals surface area contributed by atoms with Crippen LogP contribution in [0.15, 0.2) is 60.8 Å². The van der Waals surface area contributed by atoms with E-state index in [2.05, 4.69) is 85.4 Å². The maximum Gasteiger partial charge on any atom is 0.230 e. The number of rotatable bonds is 5. The van der Waals surface area contributed by atoms with Crippen LogP contribution in [0.1, 0.15) is 22.4 Å². The van der Waals surface area contributed by atoms with Gasteiger partial charge in [0.1, 0.15) is 5.65 Å². The Morgan fingerprint density at radius 1 is 0.914 bits per heavy atom. The molecule has 1 saturated heterocycles. The number of hydrogen-bond donors (Lipinski definition) is 1. The van der Waals surface area contributed by atoms with Gasteiger partial charge in [-0.15, -0.1) is 0 Å². The van der Waals surface area contributed by atoms with Crippen LogP contribution in [0.25, 0.3) is 16.9 Å². The standard InChI is InChI=1S/C29H33N5O/c1-20-11-12-34-26(29(31-27(34)17-20)23-6-5-21(2)22(3)18-23)19-28(35)30-24-7-9-25(10-8-24)33-15-13-32(4)14-16-33/h5-12,17-18H,13-16,19H2,1-4H3,(H,30,35). The van der Waals surface area contributed by atoms with Gasteiger partial charge < -0.3 is 19.5 Å². The van der Waals surface area contributed by atoms with Gasteiger partial charge in [0, 0.05) is 49.3 Å². The Hall–Kier alpha value is -3.64. The van der Waals surface area contributed by atoms with Crippen molar-refractivity contribution >= 4 is 22.9 Å². The van der Waals surface area contributed by atoms with E-state index >= 15 is 0 Å². The third-order valence-corrected chi connectivity index (χ3v) is 7.01. The highest BCUT2D eigenvalue weighted by Gasteiger charge is 2.18. The fraction of sp³-hybridized carbons (Fsp3) is 0.310. The number of nitrogens with zero attached hydrogens (tertiary/aromatic N) is 4. The topological polar surface area (TPSA) is 52.9 Å². The molecule has 5 rings (SSSR count). The molecule has 1 amide bonds. The normalized spacial score (nSPS) is 14.5. The molecule has 4 aromatic rings. The molecule has 6 heteroatoms. The Balaban J connectivity index is 1.38. The third kappa shape index (κ3) is 4.93. The maximum absolute atomic E-state index is 13.1. The fourth-order valence-corrected chi connectivity index (χ4v) is 4.66. The summed E-state index contributed by atoms with van der Waals surface area (Å²) in [6, 6.07) is 18.7. The molecule has 1 N–H and O–H groups in total. The predicted molar refractivity (Wildman–Crippen MR) is 143 cm³/mol. The second-order valence-corrected chi connectivity index (χ2v) is 9.70. The second kappa shape index (κ2) is 9.55. The van der Waals surface area contributed by atoms with Crippen LogP contribution in [-0.4, -0.2) is 53.4 Å². The van der Waals surface area contributed by atoms with Crippen LogP contribution < -0.4 is 10.2 Å². The Labute approximate surface area is 207 Å². The molecule has 3 heterocycles. The first-order chi connectivity index (χ1) is 16.9. The molecular formula is C29H33N5O. The molecule has 1 aliphatic heterocycles. The van der Waals surface area contributed by atoms with Gasteiger partial charge in [0.25, 0.3) is 0 Å². The van der Waals surface area contributed by atoms with E-state index < -0.39 is 0 Å². The van der Waals surface area contributed by atoms with Crippen molar-refractivity contribution in [2.75, 3.05) is 43.4 Å². The number of carbonyl (C=O) groups excluding carboxylic acids is 1. The number of piperazine rings is 1. The number of nitrogens with one attached hydrogen (secondary N) is 1. The summed E-state index contributed by atoms with van der Waals surface area (Å²) in [5, 5.41) is 3.09. The molecule has 2 aromatic carbocycles. The van der Waals surface area contributed by atoms with E-state index in [4.69, 9.17) is 4.98 Å². The molecule has 180 valence electrons. The zero-order chi connectivity index (χ0) is 24.5. The number of likely N-dealkylation sites (N-methyl/N-ethyl adjacent to an activating group) is 1. The average molecular weight is 468 g/mol. The molecule has 0 aliphatic carbocycles. The zero-order valence-corrected chi connectivity index (χ0v) is 21.0. The minimum absolute atomic E-state index is 0.0511. The van der Waals surface area contributed by atoms with E-state index in [1.165, 1.54) is 16.8 Å². The largest absolute Gasteiger partial charge is 0.369 e. The van der Waals surface area contributed by atoms with Crippen molar-refractivity contribution < 1.29 is 4.79 Å². The van der Waals surface area contributed by atoms with Crippen LogP contribution in [0.3, 0.4) is 0 Å². The minimum Gasteiger partial charge on any atom is -0.369 e. The smallest absolute Gasteiger partial charge is 0.230 e. The highest BCUT2D eigenvalue weighted by Crippen LogP contribution is 2.28. The van der Waals surface area contributed by atoms with Crippen molar-refractivity contribution in [1.82, 2.24) is 14.3 Å². The van der Waals surface area contributed by atoms with Crippen LogP contribution >= 0.6 is 0 Å². The van der Waals surface area contributed by atoms with E-state index in [1.807, 2.05) is 22.7 Å². The van der Waals surface area contributed by atoms with E-state index in [0.717, 1.165) is 60.0 Å². The molecule has 0 saturated carbocycles. The van der Waals surface area contributed by atoms with E-state index in [1.54, 1.807) is 0 Å². The summed E-state index contributed by atoms with van der Waals surface area (Å²) >= 11 is 0. The highest BCUT2D eigenvalue weighted by molar-refractivity contribution is 5.93. The fourth-order valence-electron chi connectivity index (χ4n) is 4.66. The maximum atomic E-state index is 13.1. The summed E-state index contributed by atoms with van der Waals surface area (Å²) in [5.74, 6) is -0.0511. The van der Waals surface area contributed by atoms with Crippen molar-refractivity contribution in [3.8, 4) is 11.3 Å². The SMILES string of the molecule is Cc1ccn2c(CC(=O)Nc3ccc(N4CCN(C)CC4)cc3)c(-c3ccc(C)c(C)c3)nc2c1. The number of amides is 1. The number of hydrogen-bond acceptors (Lipinski definition) is 4. The van der Waals surface area contributed by atoms with Crippen LogP contribution in [0.5, 0.6) is 0 Å². The van der Waals surface area contributed by atoms with Gasteiger partial charge in [-0.25, -0.2) is 4.98 Å². The quantitative estimate of drug-likeness (QED) is 0.456. The van der Waals surface area contributed by atoms with Crippen LogP contribution in [0.2, 0.25) is 0 Å². The Morgan fingerprint density at radius 3 is 2.37 bits per heavy atom. The highest BCUT2D eigenvalue weighted by atomic mass is 16.1. The monoisotopic (exact) mass is 467 g/mol. The van der Waals surface area contributed by atoms with Gasteiger partial charge in [-0.05, 0) is 87.0 Å². The van der Waals surface area contributed by atoms with E-state index in [0.29, 0.717) is 0 Å². The molecule has 0 spiro atoms. The van der Waals surface area contributed by atoms with Crippen molar-refractivity contribution in [2.45, 2.75) is 27.2 Å². The lowest BCUT2D eigenvalue weighted by atomic mass is 10.0. The first kappa shape index (κ1) is 23.1. The first-order valence-electron chi connectivity index (χ1n) is 12.3. The lowest BCUT2D eigenvalue weighted by molar-refractivity contribution is -0.115. The van der Waals surface area contributed by atoms with Gasteiger partial charge in [-0.2, -0.15) is 0 Å². The zero-order valence-electron chi connectivity index (χ0n) is 21.0. The van der Waals surface area contributed by atoms with Crippen LogP contribution in [0, 0.1) is 20.8 Å². The summed E-state index contributed by atoms with van der Waals surface area (Å²) in [7, 11) is 2.16. The van der Waals surface area contributed by atoms with Crippen molar-refractivity contribution in [3.63, 3.8) is 0 Å². The summed E-state index contributed by atoms with van der Waals surface area (Å²) in [6.45, 7) is 10.5. The summed E-state index contributed by atoms with van der Waals surface area (Å²) in [6.07, 6.45) is 2.25. The number of carbonyl (C=O) groups is 1. The van der Waals surface area contributed by atoms with Gasteiger partial charge in [-0.1, -0.05) is 12.1 Å². The van der Waals surface area contributed by atoms with E-state index in [-0.39, 0.29) is 12.3 Å². The molecule has 0 radical (unpaired) electrons. The number of fused-ring (bicyclic) bond motifs is 1. The molecule has 2 aromatic heterocycles. The lowest BCUT2D eigenvalue weighted by Gasteiger charge is -2.34. The summed E-state index contributed by atoms with van der Waals surface area (Å²) in [4.78, 5) is 22.8.